The van der Waals surface area contributed by atoms with E-state index >= 15 is 0 Å². The van der Waals surface area contributed by atoms with E-state index in [1.807, 2.05) is 22.1 Å². The van der Waals surface area contributed by atoms with Crippen LogP contribution in [-0.2, 0) is 23.1 Å². The van der Waals surface area contributed by atoms with E-state index in [9.17, 15) is 13.2 Å². The van der Waals surface area contributed by atoms with Crippen LogP contribution in [-0.4, -0.2) is 29.1 Å². The number of nitrogens with one attached hydrogen (secondary N) is 3. The van der Waals surface area contributed by atoms with Crippen molar-refractivity contribution < 1.29 is 13.2 Å². The Balaban J connectivity index is 1.44. The second kappa shape index (κ2) is 8.19. The third-order valence-electron chi connectivity index (χ3n) is 4.52. The van der Waals surface area contributed by atoms with E-state index in [0.717, 1.165) is 17.7 Å². The van der Waals surface area contributed by atoms with Gasteiger partial charge in [0.1, 0.15) is 0 Å². The fourth-order valence-corrected chi connectivity index (χ4v) is 4.99. The molecule has 8 nitrogen and oxygen atoms in total. The molecule has 1 aliphatic rings. The highest BCUT2D eigenvalue weighted by Gasteiger charge is 2.27. The van der Waals surface area contributed by atoms with Crippen LogP contribution in [0.1, 0.15) is 39.9 Å². The third-order valence-corrected chi connectivity index (χ3v) is 7.08. The minimum absolute atomic E-state index is 0.0439. The number of aromatic amines is 1. The van der Waals surface area contributed by atoms with Gasteiger partial charge in [0.2, 0.25) is 10.0 Å². The molecular formula is C18H19N5O3S3. The maximum absolute atomic E-state index is 12.5. The quantitative estimate of drug-likeness (QED) is 0.458. The van der Waals surface area contributed by atoms with Crippen LogP contribution in [0.4, 0.5) is 0 Å². The topological polar surface area (TPSA) is 109 Å². The van der Waals surface area contributed by atoms with Gasteiger partial charge in [-0.2, -0.15) is 5.10 Å². The zero-order valence-corrected chi connectivity index (χ0v) is 17.7. The molecule has 3 aromatic rings. The molecule has 0 saturated heterocycles. The SMILES string of the molecule is O=C(NCc1n[nH]c(=S)n1C1CC1)c1cccc(S(=O)(=O)NCc2cccs2)c1. The van der Waals surface area contributed by atoms with Crippen LogP contribution in [0.3, 0.4) is 0 Å². The molecule has 2 heterocycles. The van der Waals surface area contributed by atoms with Crippen molar-refractivity contribution in [1.82, 2.24) is 24.8 Å². The molecule has 11 heteroatoms. The van der Waals surface area contributed by atoms with Gasteiger partial charge in [-0.25, -0.2) is 13.1 Å². The molecule has 0 spiro atoms. The van der Waals surface area contributed by atoms with Crippen molar-refractivity contribution in [2.45, 2.75) is 36.9 Å². The van der Waals surface area contributed by atoms with Crippen LogP contribution in [0.25, 0.3) is 0 Å². The van der Waals surface area contributed by atoms with Crippen LogP contribution < -0.4 is 10.0 Å². The van der Waals surface area contributed by atoms with E-state index in [4.69, 9.17) is 12.2 Å². The smallest absolute Gasteiger partial charge is 0.251 e. The third kappa shape index (κ3) is 4.64. The molecule has 1 fully saturated rings. The van der Waals surface area contributed by atoms with E-state index in [-0.39, 0.29) is 29.5 Å². The molecule has 2 aromatic heterocycles. The van der Waals surface area contributed by atoms with Crippen molar-refractivity contribution >= 4 is 39.5 Å². The average molecular weight is 450 g/mol. The van der Waals surface area contributed by atoms with Crippen molar-refractivity contribution in [3.8, 4) is 0 Å². The molecule has 0 radical (unpaired) electrons. The number of hydrogen-bond acceptors (Lipinski definition) is 6. The highest BCUT2D eigenvalue weighted by Crippen LogP contribution is 2.35. The van der Waals surface area contributed by atoms with Gasteiger partial charge in [-0.05, 0) is 54.7 Å². The lowest BCUT2D eigenvalue weighted by atomic mass is 10.2. The fraction of sp³-hybridized carbons (Fsp3) is 0.278. The number of amides is 1. The monoisotopic (exact) mass is 449 g/mol. The first kappa shape index (κ1) is 20.0. The highest BCUT2D eigenvalue weighted by atomic mass is 32.2. The van der Waals surface area contributed by atoms with Gasteiger partial charge in [-0.15, -0.1) is 11.3 Å². The zero-order valence-electron chi connectivity index (χ0n) is 15.3. The largest absolute Gasteiger partial charge is 0.345 e. The first-order valence-corrected chi connectivity index (χ1v) is 11.8. The molecule has 152 valence electrons. The summed E-state index contributed by atoms with van der Waals surface area (Å²) in [6.45, 7) is 0.413. The van der Waals surface area contributed by atoms with Gasteiger partial charge in [0, 0.05) is 23.0 Å². The van der Waals surface area contributed by atoms with Gasteiger partial charge in [-0.3, -0.25) is 14.5 Å². The summed E-state index contributed by atoms with van der Waals surface area (Å²) >= 11 is 6.71. The van der Waals surface area contributed by atoms with Gasteiger partial charge in [0.25, 0.3) is 5.91 Å². The molecule has 1 amide bonds. The van der Waals surface area contributed by atoms with Crippen LogP contribution in [0.15, 0.2) is 46.7 Å². The van der Waals surface area contributed by atoms with E-state index in [1.165, 1.54) is 23.5 Å². The number of thiophene rings is 1. The average Bonchev–Trinajstić information content (AvgIpc) is 3.27. The van der Waals surface area contributed by atoms with Crippen LogP contribution in [0, 0.1) is 4.77 Å². The van der Waals surface area contributed by atoms with Gasteiger partial charge < -0.3 is 5.32 Å². The molecule has 1 saturated carbocycles. The van der Waals surface area contributed by atoms with Gasteiger partial charge in [-0.1, -0.05) is 12.1 Å². The Kier molecular flexibility index (Phi) is 5.63. The summed E-state index contributed by atoms with van der Waals surface area (Å²) in [4.78, 5) is 13.5. The van der Waals surface area contributed by atoms with Crippen LogP contribution in [0.5, 0.6) is 0 Å². The molecule has 29 heavy (non-hydrogen) atoms. The van der Waals surface area contributed by atoms with Gasteiger partial charge in [0.05, 0.1) is 11.4 Å². The summed E-state index contributed by atoms with van der Waals surface area (Å²) < 4.78 is 30.1. The second-order valence-electron chi connectivity index (χ2n) is 6.66. The maximum Gasteiger partial charge on any atom is 0.251 e. The van der Waals surface area contributed by atoms with Crippen LogP contribution >= 0.6 is 23.6 Å². The minimum atomic E-state index is -3.72. The van der Waals surface area contributed by atoms with E-state index in [0.29, 0.717) is 16.6 Å². The molecule has 4 rings (SSSR count). The fourth-order valence-electron chi connectivity index (χ4n) is 2.90. The predicted octanol–water partition coefficient (Wildman–Crippen LogP) is 2.75. The molecule has 1 aliphatic carbocycles. The van der Waals surface area contributed by atoms with Gasteiger partial charge in [0.15, 0.2) is 10.6 Å². The van der Waals surface area contributed by atoms with Crippen LogP contribution in [0.2, 0.25) is 0 Å². The number of sulfonamides is 1. The van der Waals surface area contributed by atoms with Crippen molar-refractivity contribution in [2.24, 2.45) is 0 Å². The highest BCUT2D eigenvalue weighted by molar-refractivity contribution is 7.89. The Morgan fingerprint density at radius 1 is 1.28 bits per heavy atom. The Labute approximate surface area is 177 Å². The lowest BCUT2D eigenvalue weighted by Gasteiger charge is -2.09. The number of rotatable bonds is 8. The standard InChI is InChI=1S/C18H19N5O3S3/c24-17(19-11-16-21-22-18(27)23(16)13-6-7-13)12-3-1-5-15(9-12)29(25,26)20-10-14-4-2-8-28-14/h1-5,8-9,13,20H,6-7,10-11H2,(H,19,24)(H,22,27). The molecule has 3 N–H and O–H groups in total. The Morgan fingerprint density at radius 3 is 2.83 bits per heavy atom. The first-order chi connectivity index (χ1) is 13.9. The minimum Gasteiger partial charge on any atom is -0.345 e. The number of H-pyrrole nitrogens is 1. The maximum atomic E-state index is 12.5. The lowest BCUT2D eigenvalue weighted by molar-refractivity contribution is 0.0949. The van der Waals surface area contributed by atoms with Crippen molar-refractivity contribution in [1.29, 1.82) is 0 Å². The van der Waals surface area contributed by atoms with E-state index < -0.39 is 10.0 Å². The summed E-state index contributed by atoms with van der Waals surface area (Å²) in [6.07, 6.45) is 2.10. The zero-order chi connectivity index (χ0) is 20.4. The Bertz CT molecular complexity index is 1180. The number of hydrogen-bond donors (Lipinski definition) is 3. The summed E-state index contributed by atoms with van der Waals surface area (Å²) in [7, 11) is -3.72. The summed E-state index contributed by atoms with van der Waals surface area (Å²) in [6, 6.07) is 10.0. The lowest BCUT2D eigenvalue weighted by Crippen LogP contribution is -2.26. The molecule has 0 atom stereocenters. The number of aromatic nitrogens is 3. The molecule has 0 aliphatic heterocycles. The molecule has 0 bridgehead atoms. The van der Waals surface area contributed by atoms with Gasteiger partial charge >= 0.3 is 0 Å². The number of carbonyl (C=O) groups is 1. The molecular weight excluding hydrogens is 430 g/mol. The molecule has 1 aromatic carbocycles. The van der Waals surface area contributed by atoms with Crippen molar-refractivity contribution in [3.63, 3.8) is 0 Å². The normalized spacial score (nSPS) is 14.1. The Hall–Kier alpha value is -2.34. The molecule has 0 unspecified atom stereocenters. The Morgan fingerprint density at radius 2 is 2.10 bits per heavy atom. The number of benzene rings is 1. The summed E-state index contributed by atoms with van der Waals surface area (Å²) in [5, 5.41) is 11.6. The summed E-state index contributed by atoms with van der Waals surface area (Å²) in [5.74, 6) is 0.281. The summed E-state index contributed by atoms with van der Waals surface area (Å²) in [5.41, 5.74) is 0.260. The number of nitrogens with zero attached hydrogens (tertiary/aromatic N) is 2. The van der Waals surface area contributed by atoms with E-state index in [2.05, 4.69) is 20.2 Å². The van der Waals surface area contributed by atoms with E-state index in [1.54, 1.807) is 12.1 Å². The number of carbonyl (C=O) groups excluding carboxylic acids is 1. The first-order valence-electron chi connectivity index (χ1n) is 9.00. The van der Waals surface area contributed by atoms with Crippen molar-refractivity contribution in [3.05, 3.63) is 62.8 Å². The predicted molar refractivity (Wildman–Crippen MR) is 112 cm³/mol. The second-order valence-corrected chi connectivity index (χ2v) is 9.85. The van der Waals surface area contributed by atoms with Crippen molar-refractivity contribution in [2.75, 3.05) is 0 Å².